The molecule has 0 aliphatic heterocycles. The second-order valence-electron chi connectivity index (χ2n) is 17.3. The van der Waals surface area contributed by atoms with Crippen molar-refractivity contribution in [2.45, 2.75) is 0 Å². The van der Waals surface area contributed by atoms with Gasteiger partial charge in [0, 0.05) is 33.2 Å². The molecule has 12 aromatic carbocycles. The van der Waals surface area contributed by atoms with E-state index in [-0.39, 0.29) is 0 Å². The number of rotatable bonds is 7. The molecule has 0 saturated heterocycles. The summed E-state index contributed by atoms with van der Waals surface area (Å²) in [6.07, 6.45) is 0. The van der Waals surface area contributed by atoms with E-state index in [0.29, 0.717) is 0 Å². The molecule has 2 heteroatoms. The summed E-state index contributed by atoms with van der Waals surface area (Å²) in [6.45, 7) is 0. The number of hydrogen-bond acceptors (Lipinski definition) is 2. The largest absolute Gasteiger partial charge is 0.455 e. The van der Waals surface area contributed by atoms with Crippen molar-refractivity contribution in [3.05, 3.63) is 249 Å². The summed E-state index contributed by atoms with van der Waals surface area (Å²) in [5.41, 5.74) is 14.5. The molecule has 0 aliphatic rings. The number of anilines is 3. The van der Waals surface area contributed by atoms with Crippen LogP contribution in [0, 0.1) is 0 Å². The van der Waals surface area contributed by atoms with Gasteiger partial charge in [-0.05, 0) is 143 Å². The van der Waals surface area contributed by atoms with Crippen LogP contribution in [0.1, 0.15) is 0 Å². The fourth-order valence-electron chi connectivity index (χ4n) is 10.1. The van der Waals surface area contributed by atoms with Crippen molar-refractivity contribution in [1.82, 2.24) is 0 Å². The molecule has 13 aromatic rings. The van der Waals surface area contributed by atoms with E-state index in [9.17, 15) is 0 Å². The van der Waals surface area contributed by atoms with Crippen molar-refractivity contribution < 1.29 is 4.42 Å². The van der Waals surface area contributed by atoms with E-state index in [1.807, 2.05) is 0 Å². The zero-order valence-corrected chi connectivity index (χ0v) is 36.0. The van der Waals surface area contributed by atoms with Gasteiger partial charge in [0.25, 0.3) is 0 Å². The molecule has 1 heterocycles. The number of benzene rings is 12. The Morgan fingerprint density at radius 3 is 1.35 bits per heavy atom. The van der Waals surface area contributed by atoms with E-state index < -0.39 is 0 Å². The molecule has 0 unspecified atom stereocenters. The van der Waals surface area contributed by atoms with Gasteiger partial charge in [-0.2, -0.15) is 0 Å². The first-order chi connectivity index (χ1) is 32.7. The van der Waals surface area contributed by atoms with Gasteiger partial charge in [0.1, 0.15) is 11.2 Å². The average molecular weight is 840 g/mol. The van der Waals surface area contributed by atoms with Crippen LogP contribution in [0.3, 0.4) is 0 Å². The van der Waals surface area contributed by atoms with Crippen molar-refractivity contribution >= 4 is 82.1 Å². The van der Waals surface area contributed by atoms with Crippen LogP contribution in [0.5, 0.6) is 0 Å². The van der Waals surface area contributed by atoms with Crippen LogP contribution >= 0.6 is 0 Å². The van der Waals surface area contributed by atoms with Crippen LogP contribution in [-0.2, 0) is 0 Å². The molecule has 0 radical (unpaired) electrons. The fourth-order valence-corrected chi connectivity index (χ4v) is 10.1. The highest BCUT2D eigenvalue weighted by Crippen LogP contribution is 2.42. The van der Waals surface area contributed by atoms with E-state index in [0.717, 1.165) is 55.5 Å². The molecule has 0 bridgehead atoms. The summed E-state index contributed by atoms with van der Waals surface area (Å²) >= 11 is 0. The first-order valence-electron chi connectivity index (χ1n) is 22.6. The van der Waals surface area contributed by atoms with Crippen LogP contribution in [-0.4, -0.2) is 0 Å². The standard InChI is InChI=1S/C64H41NO/c1-2-11-50-40-51(22-20-42(50)8-1)45-18-16-43(17-19-45)44-24-32-54(33-25-44)65(55-34-26-46(27-35-55)52-31-38-58-53(41-52)23-21-47-9-3-5-12-57(47)58)56-36-28-49(29-37-56)59-14-7-15-62-63(59)61-39-30-48-10-4-6-13-60(48)64(61)66-62/h1-41H. The zero-order chi connectivity index (χ0) is 43.6. The van der Waals surface area contributed by atoms with Crippen LogP contribution in [0.2, 0.25) is 0 Å². The molecular weight excluding hydrogens is 799 g/mol. The lowest BCUT2D eigenvalue weighted by Gasteiger charge is -2.26. The van der Waals surface area contributed by atoms with E-state index >= 15 is 0 Å². The fraction of sp³-hybridized carbons (Fsp3) is 0. The van der Waals surface area contributed by atoms with Crippen molar-refractivity contribution in [3.63, 3.8) is 0 Å². The average Bonchev–Trinajstić information content (AvgIpc) is 3.79. The summed E-state index contributed by atoms with van der Waals surface area (Å²) in [6, 6.07) is 90.2. The van der Waals surface area contributed by atoms with Gasteiger partial charge in [-0.25, -0.2) is 0 Å². The van der Waals surface area contributed by atoms with E-state index in [2.05, 4.69) is 254 Å². The maximum Gasteiger partial charge on any atom is 0.143 e. The summed E-state index contributed by atoms with van der Waals surface area (Å²) < 4.78 is 6.56. The minimum Gasteiger partial charge on any atom is -0.455 e. The Morgan fingerprint density at radius 2 is 0.682 bits per heavy atom. The highest BCUT2D eigenvalue weighted by molar-refractivity contribution is 6.19. The van der Waals surface area contributed by atoms with Gasteiger partial charge in [-0.3, -0.25) is 0 Å². The third-order valence-electron chi connectivity index (χ3n) is 13.5. The molecule has 2 nitrogen and oxygen atoms in total. The Labute approximate surface area is 382 Å². The molecule has 0 aliphatic carbocycles. The lowest BCUT2D eigenvalue weighted by atomic mass is 9.97. The second kappa shape index (κ2) is 15.5. The van der Waals surface area contributed by atoms with Crippen LogP contribution in [0.15, 0.2) is 253 Å². The molecule has 0 saturated carbocycles. The highest BCUT2D eigenvalue weighted by atomic mass is 16.3. The van der Waals surface area contributed by atoms with Crippen LogP contribution in [0.25, 0.3) is 110 Å². The molecule has 0 atom stereocenters. The minimum absolute atomic E-state index is 0.896. The van der Waals surface area contributed by atoms with Gasteiger partial charge >= 0.3 is 0 Å². The normalized spacial score (nSPS) is 11.6. The molecule has 13 rings (SSSR count). The predicted molar refractivity (Wildman–Crippen MR) is 280 cm³/mol. The SMILES string of the molecule is c1ccc2cc(-c3ccc(-c4ccc(N(c5ccc(-c6ccc7c(ccc8ccccc87)c6)cc5)c5ccc(-c6cccc7oc8c9ccccc9ccc8c67)cc5)cc4)cc3)ccc2c1. The van der Waals surface area contributed by atoms with Crippen LogP contribution < -0.4 is 4.90 Å². The number of furan rings is 1. The van der Waals surface area contributed by atoms with Crippen molar-refractivity contribution in [3.8, 4) is 44.5 Å². The van der Waals surface area contributed by atoms with E-state index in [4.69, 9.17) is 4.42 Å². The molecule has 308 valence electrons. The maximum absolute atomic E-state index is 6.56. The van der Waals surface area contributed by atoms with E-state index in [1.165, 1.54) is 71.1 Å². The monoisotopic (exact) mass is 839 g/mol. The molecule has 0 N–H and O–H groups in total. The molecular formula is C64H41NO. The van der Waals surface area contributed by atoms with Crippen molar-refractivity contribution in [2.24, 2.45) is 0 Å². The van der Waals surface area contributed by atoms with Gasteiger partial charge < -0.3 is 9.32 Å². The Kier molecular flexibility index (Phi) is 8.89. The third kappa shape index (κ3) is 6.50. The van der Waals surface area contributed by atoms with Crippen molar-refractivity contribution in [1.29, 1.82) is 0 Å². The summed E-state index contributed by atoms with van der Waals surface area (Å²) in [7, 11) is 0. The molecule has 0 spiro atoms. The number of fused-ring (bicyclic) bond motifs is 9. The second-order valence-corrected chi connectivity index (χ2v) is 17.3. The maximum atomic E-state index is 6.56. The Balaban J connectivity index is 0.861. The van der Waals surface area contributed by atoms with Crippen LogP contribution in [0.4, 0.5) is 17.1 Å². The lowest BCUT2D eigenvalue weighted by molar-refractivity contribution is 0.673. The zero-order valence-electron chi connectivity index (χ0n) is 36.0. The summed E-state index contributed by atoms with van der Waals surface area (Å²) in [4.78, 5) is 2.35. The minimum atomic E-state index is 0.896. The summed E-state index contributed by atoms with van der Waals surface area (Å²) in [5, 5.41) is 12.2. The topological polar surface area (TPSA) is 16.4 Å². The third-order valence-corrected chi connectivity index (χ3v) is 13.5. The molecule has 0 fully saturated rings. The quantitative estimate of drug-likeness (QED) is 0.149. The molecule has 1 aromatic heterocycles. The predicted octanol–water partition coefficient (Wildman–Crippen LogP) is 18.3. The Bertz CT molecular complexity index is 3960. The van der Waals surface area contributed by atoms with Gasteiger partial charge in [0.2, 0.25) is 0 Å². The highest BCUT2D eigenvalue weighted by Gasteiger charge is 2.17. The number of nitrogens with zero attached hydrogens (tertiary/aromatic N) is 1. The smallest absolute Gasteiger partial charge is 0.143 e. The number of hydrogen-bond donors (Lipinski definition) is 0. The first-order valence-corrected chi connectivity index (χ1v) is 22.6. The van der Waals surface area contributed by atoms with Gasteiger partial charge in [-0.1, -0.05) is 188 Å². The Hall–Kier alpha value is -8.72. The first kappa shape index (κ1) is 37.8. The van der Waals surface area contributed by atoms with E-state index in [1.54, 1.807) is 0 Å². The van der Waals surface area contributed by atoms with Gasteiger partial charge in [0.05, 0.1) is 0 Å². The van der Waals surface area contributed by atoms with Crippen molar-refractivity contribution in [2.75, 3.05) is 4.90 Å². The van der Waals surface area contributed by atoms with Gasteiger partial charge in [-0.15, -0.1) is 0 Å². The summed E-state index contributed by atoms with van der Waals surface area (Å²) in [5.74, 6) is 0. The Morgan fingerprint density at radius 1 is 0.258 bits per heavy atom. The lowest BCUT2D eigenvalue weighted by Crippen LogP contribution is -2.09. The molecule has 66 heavy (non-hydrogen) atoms. The molecule has 0 amide bonds. The van der Waals surface area contributed by atoms with Gasteiger partial charge in [0.15, 0.2) is 0 Å².